The Hall–Kier alpha value is -1.00. The van der Waals surface area contributed by atoms with E-state index in [0.29, 0.717) is 24.5 Å². The maximum Gasteiger partial charge on any atom is 0.291 e. The summed E-state index contributed by atoms with van der Waals surface area (Å²) in [5.41, 5.74) is 0.0397. The first-order valence-electron chi connectivity index (χ1n) is 6.55. The number of hydrogen-bond donors (Lipinski definition) is 0. The number of nitrogens with zero attached hydrogens (tertiary/aromatic N) is 3. The number of hydrogen-bond acceptors (Lipinski definition) is 2. The lowest BCUT2D eigenvalue weighted by Gasteiger charge is -2.28. The fraction of sp³-hybridized carbons (Fsp3) is 0.846. The number of rotatable bonds is 0. The second-order valence-corrected chi connectivity index (χ2v) is 6.35. The molecule has 0 saturated heterocycles. The van der Waals surface area contributed by atoms with Gasteiger partial charge in [0, 0.05) is 6.42 Å². The molecule has 0 radical (unpaired) electrons. The molecule has 1 aromatic rings. The molecule has 0 saturated carbocycles. The predicted molar refractivity (Wildman–Crippen MR) is 65.6 cm³/mol. The summed E-state index contributed by atoms with van der Waals surface area (Å²) in [6.45, 7) is 7.65. The van der Waals surface area contributed by atoms with Crippen LogP contribution < -0.4 is 0 Å². The quantitative estimate of drug-likeness (QED) is 0.712. The third-order valence-electron chi connectivity index (χ3n) is 3.55. The van der Waals surface area contributed by atoms with Crippen LogP contribution in [0.25, 0.3) is 0 Å². The Bertz CT molecular complexity index is 432. The summed E-state index contributed by atoms with van der Waals surface area (Å²) in [4.78, 5) is 0. The van der Waals surface area contributed by atoms with E-state index in [-0.39, 0.29) is 12.1 Å². The van der Waals surface area contributed by atoms with Crippen LogP contribution in [-0.2, 0) is 17.9 Å². The SMILES string of the molecule is C[C@@H]1CCc2nnn(C(C)(C)C)c2C(F)(F)CC1. The maximum atomic E-state index is 14.3. The second-order valence-electron chi connectivity index (χ2n) is 6.35. The van der Waals surface area contributed by atoms with E-state index in [2.05, 4.69) is 10.3 Å². The molecular formula is C13H21F2N3. The molecule has 18 heavy (non-hydrogen) atoms. The van der Waals surface area contributed by atoms with E-state index in [4.69, 9.17) is 0 Å². The van der Waals surface area contributed by atoms with Gasteiger partial charge in [-0.15, -0.1) is 5.10 Å². The van der Waals surface area contributed by atoms with E-state index in [1.807, 2.05) is 27.7 Å². The van der Waals surface area contributed by atoms with Crippen LogP contribution in [0, 0.1) is 5.92 Å². The number of alkyl halides is 2. The minimum atomic E-state index is -2.82. The lowest BCUT2D eigenvalue weighted by molar-refractivity contribution is -0.0336. The molecule has 1 atom stereocenters. The third kappa shape index (κ3) is 2.40. The van der Waals surface area contributed by atoms with Crippen molar-refractivity contribution in [2.75, 3.05) is 0 Å². The van der Waals surface area contributed by atoms with Crippen molar-refractivity contribution in [1.82, 2.24) is 15.0 Å². The molecule has 1 aromatic heterocycles. The third-order valence-corrected chi connectivity index (χ3v) is 3.55. The standard InChI is InChI=1S/C13H21F2N3/c1-9-5-6-10-11(13(14,15)8-7-9)18(17-16-10)12(2,3)4/h9H,5-8H2,1-4H3/t9-/m1/s1. The molecule has 1 aliphatic carbocycles. The van der Waals surface area contributed by atoms with Crippen molar-refractivity contribution in [2.45, 2.75) is 64.8 Å². The molecule has 2 rings (SSSR count). The summed E-state index contributed by atoms with van der Waals surface area (Å²) in [5, 5.41) is 7.95. The van der Waals surface area contributed by atoms with Gasteiger partial charge in [-0.2, -0.15) is 8.78 Å². The molecule has 0 unspecified atom stereocenters. The summed E-state index contributed by atoms with van der Waals surface area (Å²) in [7, 11) is 0. The first-order chi connectivity index (χ1) is 8.22. The van der Waals surface area contributed by atoms with Crippen molar-refractivity contribution in [2.24, 2.45) is 5.92 Å². The van der Waals surface area contributed by atoms with Gasteiger partial charge < -0.3 is 0 Å². The smallest absolute Gasteiger partial charge is 0.238 e. The summed E-state index contributed by atoms with van der Waals surface area (Å²) >= 11 is 0. The molecule has 0 aromatic carbocycles. The van der Waals surface area contributed by atoms with Gasteiger partial charge in [0.15, 0.2) is 0 Å². The summed E-state index contributed by atoms with van der Waals surface area (Å²) < 4.78 is 30.1. The van der Waals surface area contributed by atoms with E-state index in [9.17, 15) is 8.78 Å². The normalized spacial score (nSPS) is 24.2. The monoisotopic (exact) mass is 257 g/mol. The Morgan fingerprint density at radius 3 is 2.56 bits per heavy atom. The molecule has 0 bridgehead atoms. The topological polar surface area (TPSA) is 30.7 Å². The predicted octanol–water partition coefficient (Wildman–Crippen LogP) is 3.49. The zero-order valence-electron chi connectivity index (χ0n) is 11.5. The highest BCUT2D eigenvalue weighted by Gasteiger charge is 2.42. The minimum absolute atomic E-state index is 0.0295. The van der Waals surface area contributed by atoms with Crippen LogP contribution in [0.1, 0.15) is 58.3 Å². The highest BCUT2D eigenvalue weighted by molar-refractivity contribution is 5.19. The van der Waals surface area contributed by atoms with Crippen molar-refractivity contribution >= 4 is 0 Å². The molecule has 0 amide bonds. The van der Waals surface area contributed by atoms with Crippen LogP contribution in [0.15, 0.2) is 0 Å². The van der Waals surface area contributed by atoms with Gasteiger partial charge in [-0.05, 0) is 46.0 Å². The first-order valence-corrected chi connectivity index (χ1v) is 6.55. The second kappa shape index (κ2) is 4.28. The van der Waals surface area contributed by atoms with E-state index in [1.54, 1.807) is 0 Å². The Labute approximate surface area is 107 Å². The Kier molecular flexibility index (Phi) is 3.19. The van der Waals surface area contributed by atoms with Crippen LogP contribution in [0.5, 0.6) is 0 Å². The molecule has 3 nitrogen and oxygen atoms in total. The largest absolute Gasteiger partial charge is 0.291 e. The fourth-order valence-electron chi connectivity index (χ4n) is 2.39. The van der Waals surface area contributed by atoms with Crippen molar-refractivity contribution in [1.29, 1.82) is 0 Å². The van der Waals surface area contributed by atoms with Crippen LogP contribution in [0.3, 0.4) is 0 Å². The molecule has 0 fully saturated rings. The number of aromatic nitrogens is 3. The molecule has 1 heterocycles. The molecule has 0 N–H and O–H groups in total. The highest BCUT2D eigenvalue weighted by atomic mass is 19.3. The highest BCUT2D eigenvalue weighted by Crippen LogP contribution is 2.40. The zero-order valence-corrected chi connectivity index (χ0v) is 11.5. The molecule has 1 aliphatic rings. The fourth-order valence-corrected chi connectivity index (χ4v) is 2.39. The number of halogens is 2. The molecule has 0 aliphatic heterocycles. The van der Waals surface area contributed by atoms with Gasteiger partial charge in [0.2, 0.25) is 0 Å². The lowest BCUT2D eigenvalue weighted by atomic mass is 9.90. The summed E-state index contributed by atoms with van der Waals surface area (Å²) in [6.07, 6.45) is 1.96. The van der Waals surface area contributed by atoms with Gasteiger partial charge in [-0.1, -0.05) is 12.1 Å². The minimum Gasteiger partial charge on any atom is -0.238 e. The Morgan fingerprint density at radius 1 is 1.28 bits per heavy atom. The van der Waals surface area contributed by atoms with Crippen molar-refractivity contribution < 1.29 is 8.78 Å². The molecule has 5 heteroatoms. The van der Waals surface area contributed by atoms with Crippen LogP contribution in [0.4, 0.5) is 8.78 Å². The van der Waals surface area contributed by atoms with E-state index < -0.39 is 11.5 Å². The lowest BCUT2D eigenvalue weighted by Crippen LogP contribution is -2.32. The molecule has 0 spiro atoms. The van der Waals surface area contributed by atoms with Gasteiger partial charge >= 0.3 is 0 Å². The molecule has 102 valence electrons. The first kappa shape index (κ1) is 13.4. The number of aryl methyl sites for hydroxylation is 1. The summed E-state index contributed by atoms with van der Waals surface area (Å²) in [6, 6.07) is 0. The summed E-state index contributed by atoms with van der Waals surface area (Å²) in [5.74, 6) is -2.50. The van der Waals surface area contributed by atoms with Gasteiger partial charge in [0.05, 0.1) is 11.2 Å². The van der Waals surface area contributed by atoms with Gasteiger partial charge in [0.1, 0.15) is 5.69 Å². The Balaban J connectivity index is 2.50. The average Bonchev–Trinajstić information content (AvgIpc) is 2.66. The van der Waals surface area contributed by atoms with E-state index in [0.717, 1.165) is 6.42 Å². The van der Waals surface area contributed by atoms with Gasteiger partial charge in [0.25, 0.3) is 5.92 Å². The average molecular weight is 257 g/mol. The Morgan fingerprint density at radius 2 is 1.94 bits per heavy atom. The van der Waals surface area contributed by atoms with Crippen molar-refractivity contribution in [3.63, 3.8) is 0 Å². The van der Waals surface area contributed by atoms with E-state index >= 15 is 0 Å². The van der Waals surface area contributed by atoms with Crippen LogP contribution >= 0.6 is 0 Å². The van der Waals surface area contributed by atoms with Crippen molar-refractivity contribution in [3.05, 3.63) is 11.4 Å². The van der Waals surface area contributed by atoms with Crippen LogP contribution in [0.2, 0.25) is 0 Å². The van der Waals surface area contributed by atoms with Crippen LogP contribution in [-0.4, -0.2) is 15.0 Å². The molecular weight excluding hydrogens is 236 g/mol. The number of fused-ring (bicyclic) bond motifs is 1. The van der Waals surface area contributed by atoms with Gasteiger partial charge in [-0.25, -0.2) is 4.68 Å². The van der Waals surface area contributed by atoms with E-state index in [1.165, 1.54) is 4.68 Å². The van der Waals surface area contributed by atoms with Gasteiger partial charge in [-0.3, -0.25) is 0 Å². The maximum absolute atomic E-state index is 14.3. The zero-order chi connectivity index (χ0) is 13.6. The van der Waals surface area contributed by atoms with Crippen molar-refractivity contribution in [3.8, 4) is 0 Å².